The minimum absolute atomic E-state index is 0.187. The fourth-order valence-electron chi connectivity index (χ4n) is 1.14. The topological polar surface area (TPSA) is 41.1 Å². The molecule has 5 heteroatoms. The van der Waals surface area contributed by atoms with Gasteiger partial charge in [-0.1, -0.05) is 36.2 Å². The molecule has 0 fully saturated rings. The summed E-state index contributed by atoms with van der Waals surface area (Å²) in [6.07, 6.45) is 0.912. The summed E-state index contributed by atoms with van der Waals surface area (Å²) in [5.41, 5.74) is 0.845. The minimum atomic E-state index is -0.187. The zero-order chi connectivity index (χ0) is 12.0. The molecule has 88 valence electrons. The van der Waals surface area contributed by atoms with Crippen LogP contribution in [0.25, 0.3) is 0 Å². The van der Waals surface area contributed by atoms with Crippen molar-refractivity contribution in [3.63, 3.8) is 0 Å². The first kappa shape index (κ1) is 13.1. The lowest BCUT2D eigenvalue weighted by molar-refractivity contribution is 0.240. The van der Waals surface area contributed by atoms with E-state index < -0.39 is 0 Å². The molecule has 0 atom stereocenters. The normalized spacial score (nSPS) is 9.94. The average molecular weight is 261 g/mol. The molecule has 0 heterocycles. The second-order valence-corrected chi connectivity index (χ2v) is 4.19. The van der Waals surface area contributed by atoms with E-state index in [-0.39, 0.29) is 6.03 Å². The van der Waals surface area contributed by atoms with Crippen LogP contribution in [0.5, 0.6) is 0 Å². The Balaban J connectivity index is 2.45. The number of rotatable bonds is 4. The van der Waals surface area contributed by atoms with Crippen molar-refractivity contribution in [1.29, 1.82) is 0 Å². The van der Waals surface area contributed by atoms with E-state index in [1.807, 2.05) is 6.92 Å². The Morgan fingerprint density at radius 2 is 2.06 bits per heavy atom. The highest BCUT2D eigenvalue weighted by molar-refractivity contribution is 6.35. The van der Waals surface area contributed by atoms with Crippen LogP contribution in [-0.2, 0) is 6.54 Å². The molecule has 16 heavy (non-hydrogen) atoms. The van der Waals surface area contributed by atoms with Crippen molar-refractivity contribution < 1.29 is 4.79 Å². The third-order valence-electron chi connectivity index (χ3n) is 1.99. The van der Waals surface area contributed by atoms with Gasteiger partial charge in [-0.05, 0) is 24.1 Å². The summed E-state index contributed by atoms with van der Waals surface area (Å²) < 4.78 is 0. The lowest BCUT2D eigenvalue weighted by Crippen LogP contribution is -2.35. The Morgan fingerprint density at radius 3 is 2.69 bits per heavy atom. The van der Waals surface area contributed by atoms with E-state index in [1.54, 1.807) is 18.2 Å². The van der Waals surface area contributed by atoms with E-state index in [2.05, 4.69) is 10.6 Å². The summed E-state index contributed by atoms with van der Waals surface area (Å²) in [6.45, 7) is 3.06. The van der Waals surface area contributed by atoms with Gasteiger partial charge in [0.25, 0.3) is 0 Å². The third kappa shape index (κ3) is 4.29. The van der Waals surface area contributed by atoms with E-state index in [0.29, 0.717) is 23.1 Å². The van der Waals surface area contributed by atoms with Crippen LogP contribution in [-0.4, -0.2) is 12.6 Å². The zero-order valence-electron chi connectivity index (χ0n) is 9.02. The van der Waals surface area contributed by atoms with Crippen molar-refractivity contribution in [2.45, 2.75) is 19.9 Å². The highest BCUT2D eigenvalue weighted by Crippen LogP contribution is 2.20. The van der Waals surface area contributed by atoms with Gasteiger partial charge in [0.2, 0.25) is 0 Å². The summed E-state index contributed by atoms with van der Waals surface area (Å²) in [5.74, 6) is 0. The first-order chi connectivity index (χ1) is 7.63. The van der Waals surface area contributed by atoms with Crippen LogP contribution in [0.3, 0.4) is 0 Å². The van der Waals surface area contributed by atoms with E-state index in [1.165, 1.54) is 0 Å². The van der Waals surface area contributed by atoms with E-state index in [0.717, 1.165) is 12.0 Å². The van der Waals surface area contributed by atoms with Gasteiger partial charge in [-0.2, -0.15) is 0 Å². The highest BCUT2D eigenvalue weighted by Gasteiger charge is 2.03. The molecule has 0 bridgehead atoms. The Labute approximate surface area is 105 Å². The van der Waals surface area contributed by atoms with Crippen molar-refractivity contribution in [2.75, 3.05) is 6.54 Å². The molecule has 0 saturated heterocycles. The third-order valence-corrected chi connectivity index (χ3v) is 2.58. The number of nitrogens with one attached hydrogen (secondary N) is 2. The molecule has 1 aromatic carbocycles. The second kappa shape index (κ2) is 6.61. The molecule has 1 rings (SSSR count). The quantitative estimate of drug-likeness (QED) is 0.858. The van der Waals surface area contributed by atoms with Gasteiger partial charge in [0.15, 0.2) is 0 Å². The number of carbonyl (C=O) groups is 1. The first-order valence-electron chi connectivity index (χ1n) is 5.09. The van der Waals surface area contributed by atoms with Crippen LogP contribution in [0.15, 0.2) is 18.2 Å². The molecule has 0 spiro atoms. The zero-order valence-corrected chi connectivity index (χ0v) is 10.5. The Kier molecular flexibility index (Phi) is 5.43. The maximum Gasteiger partial charge on any atom is 0.315 e. The Bertz CT molecular complexity index is 369. The van der Waals surface area contributed by atoms with Gasteiger partial charge in [0, 0.05) is 23.1 Å². The molecule has 3 nitrogen and oxygen atoms in total. The fraction of sp³-hybridized carbons (Fsp3) is 0.364. The van der Waals surface area contributed by atoms with Crippen LogP contribution in [0.4, 0.5) is 4.79 Å². The number of hydrogen-bond donors (Lipinski definition) is 2. The molecular weight excluding hydrogens is 247 g/mol. The van der Waals surface area contributed by atoms with Crippen LogP contribution in [0.2, 0.25) is 10.0 Å². The molecule has 0 aliphatic rings. The lowest BCUT2D eigenvalue weighted by atomic mass is 10.2. The summed E-state index contributed by atoms with van der Waals surface area (Å²) in [7, 11) is 0. The number of halogens is 2. The molecule has 2 amide bonds. The molecule has 0 aliphatic carbocycles. The maximum atomic E-state index is 11.3. The lowest BCUT2D eigenvalue weighted by Gasteiger charge is -2.08. The van der Waals surface area contributed by atoms with Crippen LogP contribution in [0.1, 0.15) is 18.9 Å². The van der Waals surface area contributed by atoms with Gasteiger partial charge >= 0.3 is 6.03 Å². The Hall–Kier alpha value is -0.930. The standard InChI is InChI=1S/C11H14Cl2N2O/c1-2-5-14-11(16)15-7-8-3-4-9(12)6-10(8)13/h3-4,6H,2,5,7H2,1H3,(H2,14,15,16). The van der Waals surface area contributed by atoms with Crippen LogP contribution < -0.4 is 10.6 Å². The largest absolute Gasteiger partial charge is 0.338 e. The van der Waals surface area contributed by atoms with Gasteiger partial charge < -0.3 is 10.6 Å². The summed E-state index contributed by atoms with van der Waals surface area (Å²) in [5, 5.41) is 6.58. The van der Waals surface area contributed by atoms with Crippen LogP contribution in [0, 0.1) is 0 Å². The van der Waals surface area contributed by atoms with Crippen molar-refractivity contribution in [1.82, 2.24) is 10.6 Å². The van der Waals surface area contributed by atoms with Crippen LogP contribution >= 0.6 is 23.2 Å². The molecule has 0 saturated carbocycles. The number of urea groups is 1. The number of amides is 2. The van der Waals surface area contributed by atoms with Crippen molar-refractivity contribution in [3.8, 4) is 0 Å². The van der Waals surface area contributed by atoms with Crippen molar-refractivity contribution in [2.24, 2.45) is 0 Å². The second-order valence-electron chi connectivity index (χ2n) is 3.35. The summed E-state index contributed by atoms with van der Waals surface area (Å²) >= 11 is 11.7. The number of carbonyl (C=O) groups excluding carboxylic acids is 1. The molecule has 2 N–H and O–H groups in total. The Morgan fingerprint density at radius 1 is 1.31 bits per heavy atom. The first-order valence-corrected chi connectivity index (χ1v) is 5.84. The predicted molar refractivity (Wildman–Crippen MR) is 67.0 cm³/mol. The van der Waals surface area contributed by atoms with Gasteiger partial charge in [0.05, 0.1) is 0 Å². The molecule has 0 radical (unpaired) electrons. The number of benzene rings is 1. The van der Waals surface area contributed by atoms with Gasteiger partial charge in [-0.15, -0.1) is 0 Å². The van der Waals surface area contributed by atoms with Gasteiger partial charge in [-0.3, -0.25) is 0 Å². The summed E-state index contributed by atoms with van der Waals surface area (Å²) in [4.78, 5) is 11.3. The maximum absolute atomic E-state index is 11.3. The van der Waals surface area contributed by atoms with Gasteiger partial charge in [-0.25, -0.2) is 4.79 Å². The molecule has 0 unspecified atom stereocenters. The molecular formula is C11H14Cl2N2O. The number of hydrogen-bond acceptors (Lipinski definition) is 1. The SMILES string of the molecule is CCCNC(=O)NCc1ccc(Cl)cc1Cl. The van der Waals surface area contributed by atoms with E-state index in [4.69, 9.17) is 23.2 Å². The average Bonchev–Trinajstić information content (AvgIpc) is 2.25. The van der Waals surface area contributed by atoms with Gasteiger partial charge in [0.1, 0.15) is 0 Å². The minimum Gasteiger partial charge on any atom is -0.338 e. The van der Waals surface area contributed by atoms with Crippen molar-refractivity contribution in [3.05, 3.63) is 33.8 Å². The predicted octanol–water partition coefficient (Wildman–Crippen LogP) is 3.20. The molecule has 1 aromatic rings. The molecule has 0 aliphatic heterocycles. The highest BCUT2D eigenvalue weighted by atomic mass is 35.5. The monoisotopic (exact) mass is 260 g/mol. The van der Waals surface area contributed by atoms with Crippen molar-refractivity contribution >= 4 is 29.2 Å². The van der Waals surface area contributed by atoms with E-state index >= 15 is 0 Å². The fourth-order valence-corrected chi connectivity index (χ4v) is 1.62. The van der Waals surface area contributed by atoms with E-state index in [9.17, 15) is 4.79 Å². The smallest absolute Gasteiger partial charge is 0.315 e. The molecule has 0 aromatic heterocycles. The summed E-state index contributed by atoms with van der Waals surface area (Å²) in [6, 6.07) is 5.01.